The van der Waals surface area contributed by atoms with Gasteiger partial charge in [-0.15, -0.1) is 11.8 Å². The first-order chi connectivity index (χ1) is 13.5. The van der Waals surface area contributed by atoms with Crippen LogP contribution in [0, 0.1) is 6.92 Å². The number of nitrogens with zero attached hydrogens (tertiary/aromatic N) is 3. The van der Waals surface area contributed by atoms with Crippen molar-refractivity contribution in [2.24, 2.45) is 0 Å². The Bertz CT molecular complexity index is 790. The molecule has 0 aromatic carbocycles. The number of thioether (sulfide) groups is 1. The number of hydrogen-bond acceptors (Lipinski definition) is 6. The van der Waals surface area contributed by atoms with Crippen LogP contribution in [0.3, 0.4) is 0 Å². The van der Waals surface area contributed by atoms with Crippen LogP contribution >= 0.6 is 11.8 Å². The zero-order chi connectivity index (χ0) is 19.9. The van der Waals surface area contributed by atoms with Crippen LogP contribution in [0.2, 0.25) is 0 Å². The van der Waals surface area contributed by atoms with E-state index in [0.29, 0.717) is 17.3 Å². The predicted molar refractivity (Wildman–Crippen MR) is 107 cm³/mol. The molecule has 1 atom stereocenters. The minimum absolute atomic E-state index is 0.0879. The average Bonchev–Trinajstić information content (AvgIpc) is 3.11. The first-order valence-corrected chi connectivity index (χ1v) is 10.4. The van der Waals surface area contributed by atoms with E-state index >= 15 is 0 Å². The number of piperazine rings is 1. The summed E-state index contributed by atoms with van der Waals surface area (Å²) in [5.74, 6) is 1.24. The molecule has 150 valence electrons. The van der Waals surface area contributed by atoms with Gasteiger partial charge in [-0.25, -0.2) is 0 Å². The Labute approximate surface area is 168 Å². The van der Waals surface area contributed by atoms with E-state index in [2.05, 4.69) is 15.5 Å². The van der Waals surface area contributed by atoms with Crippen molar-refractivity contribution in [3.63, 3.8) is 0 Å². The molecule has 9 heteroatoms. The first-order valence-electron chi connectivity index (χ1n) is 9.37. The van der Waals surface area contributed by atoms with Gasteiger partial charge in [0.2, 0.25) is 11.8 Å². The van der Waals surface area contributed by atoms with Crippen LogP contribution in [0.5, 0.6) is 0 Å². The number of nitrogens with one attached hydrogen (secondary N) is 2. The van der Waals surface area contributed by atoms with E-state index in [1.54, 1.807) is 19.9 Å². The molecular weight excluding hydrogens is 378 g/mol. The van der Waals surface area contributed by atoms with Gasteiger partial charge in [-0.05, 0) is 26.0 Å². The van der Waals surface area contributed by atoms with Crippen molar-refractivity contribution >= 4 is 29.4 Å². The van der Waals surface area contributed by atoms with E-state index in [1.807, 2.05) is 29.4 Å². The highest BCUT2D eigenvalue weighted by Gasteiger charge is 2.25. The molecule has 0 unspecified atom stereocenters. The number of hydrogen-bond donors (Lipinski definition) is 2. The Hall–Kier alpha value is -2.39. The van der Waals surface area contributed by atoms with E-state index in [9.17, 15) is 9.59 Å². The van der Waals surface area contributed by atoms with Crippen LogP contribution in [0.1, 0.15) is 18.2 Å². The Morgan fingerprint density at radius 3 is 2.68 bits per heavy atom. The van der Waals surface area contributed by atoms with Gasteiger partial charge in [0.15, 0.2) is 5.82 Å². The van der Waals surface area contributed by atoms with Crippen molar-refractivity contribution in [2.45, 2.75) is 25.6 Å². The second-order valence-corrected chi connectivity index (χ2v) is 8.26. The van der Waals surface area contributed by atoms with Crippen LogP contribution in [0.4, 0.5) is 5.82 Å². The Morgan fingerprint density at radius 2 is 2.04 bits per heavy atom. The fourth-order valence-electron chi connectivity index (χ4n) is 3.05. The molecule has 1 fully saturated rings. The Kier molecular flexibility index (Phi) is 7.05. The summed E-state index contributed by atoms with van der Waals surface area (Å²) in [4.78, 5) is 32.1. The second-order valence-electron chi connectivity index (χ2n) is 6.93. The Balaban J connectivity index is 1.37. The highest BCUT2D eigenvalue weighted by molar-refractivity contribution is 8.01. The number of quaternary nitrogens is 1. The van der Waals surface area contributed by atoms with Crippen molar-refractivity contribution in [3.05, 3.63) is 41.9 Å². The normalized spacial score (nSPS) is 16.0. The molecule has 3 rings (SSSR count). The maximum absolute atomic E-state index is 12.5. The molecule has 2 amide bonds. The summed E-state index contributed by atoms with van der Waals surface area (Å²) in [7, 11) is 0. The third-order valence-corrected chi connectivity index (χ3v) is 5.86. The van der Waals surface area contributed by atoms with Crippen LogP contribution in [0.25, 0.3) is 0 Å². The summed E-state index contributed by atoms with van der Waals surface area (Å²) in [6.07, 6.45) is 3.62. The van der Waals surface area contributed by atoms with Gasteiger partial charge in [-0.2, -0.15) is 0 Å². The summed E-state index contributed by atoms with van der Waals surface area (Å²) in [5.41, 5.74) is 1.27. The number of carbonyl (C=O) groups excluding carboxylic acids is 2. The van der Waals surface area contributed by atoms with Gasteiger partial charge in [0, 0.05) is 24.0 Å². The minimum Gasteiger partial charge on any atom is -0.360 e. The van der Waals surface area contributed by atoms with Crippen molar-refractivity contribution in [1.82, 2.24) is 15.0 Å². The molecule has 8 nitrogen and oxygen atoms in total. The predicted octanol–water partition coefficient (Wildman–Crippen LogP) is 0.366. The number of anilines is 1. The van der Waals surface area contributed by atoms with E-state index in [4.69, 9.17) is 4.52 Å². The lowest BCUT2D eigenvalue weighted by molar-refractivity contribution is -0.917. The van der Waals surface area contributed by atoms with E-state index in [1.165, 1.54) is 22.2 Å². The molecule has 1 saturated heterocycles. The molecule has 0 aliphatic carbocycles. The fourth-order valence-corrected chi connectivity index (χ4v) is 3.84. The van der Waals surface area contributed by atoms with Crippen LogP contribution in [0.15, 0.2) is 35.1 Å². The molecular formula is C19H26N5O3S+. The summed E-state index contributed by atoms with van der Waals surface area (Å²) in [6.45, 7) is 7.87. The molecule has 1 aliphatic heterocycles. The van der Waals surface area contributed by atoms with Crippen LogP contribution < -0.4 is 10.2 Å². The van der Waals surface area contributed by atoms with Crippen molar-refractivity contribution in [1.29, 1.82) is 0 Å². The SMILES string of the molecule is Cc1cc(NC(=O)[C@@H](C)SCC(=O)N2CC[NH+](Cc3ccncc3)CC2)no1. The van der Waals surface area contributed by atoms with Gasteiger partial charge < -0.3 is 19.6 Å². The van der Waals surface area contributed by atoms with E-state index < -0.39 is 0 Å². The molecule has 2 N–H and O–H groups in total. The lowest BCUT2D eigenvalue weighted by Gasteiger charge is -2.32. The molecule has 2 aromatic rings. The minimum atomic E-state index is -0.348. The standard InChI is InChI=1S/C19H25N5O3S/c1-14-11-17(22-27-14)21-19(26)15(2)28-13-18(25)24-9-7-23(8-10-24)12-16-3-5-20-6-4-16/h3-6,11,15H,7-10,12-13H2,1-2H3,(H,21,22,26)/p+1/t15-/m1/s1. The number of carbonyl (C=O) groups is 2. The molecule has 0 bridgehead atoms. The fraction of sp³-hybridized carbons (Fsp3) is 0.474. The molecule has 0 saturated carbocycles. The summed E-state index contributed by atoms with van der Waals surface area (Å²) in [6, 6.07) is 5.73. The highest BCUT2D eigenvalue weighted by atomic mass is 32.2. The summed E-state index contributed by atoms with van der Waals surface area (Å²) >= 11 is 1.34. The van der Waals surface area contributed by atoms with Gasteiger partial charge in [0.1, 0.15) is 12.3 Å². The van der Waals surface area contributed by atoms with Crippen LogP contribution in [-0.2, 0) is 16.1 Å². The van der Waals surface area contributed by atoms with Crippen molar-refractivity contribution in [3.8, 4) is 0 Å². The monoisotopic (exact) mass is 404 g/mol. The smallest absolute Gasteiger partial charge is 0.238 e. The summed E-state index contributed by atoms with van der Waals surface area (Å²) in [5, 5.41) is 6.10. The van der Waals surface area contributed by atoms with Crippen LogP contribution in [-0.4, -0.2) is 64.0 Å². The average molecular weight is 405 g/mol. The Morgan fingerprint density at radius 1 is 1.32 bits per heavy atom. The van der Waals surface area contributed by atoms with E-state index in [-0.39, 0.29) is 17.1 Å². The molecule has 0 spiro atoms. The second kappa shape index (κ2) is 9.70. The first kappa shape index (κ1) is 20.3. The summed E-state index contributed by atoms with van der Waals surface area (Å²) < 4.78 is 4.93. The van der Waals surface area contributed by atoms with Gasteiger partial charge in [-0.3, -0.25) is 14.6 Å². The number of aromatic nitrogens is 2. The van der Waals surface area contributed by atoms with Gasteiger partial charge in [0.05, 0.1) is 37.2 Å². The number of rotatable bonds is 7. The zero-order valence-corrected chi connectivity index (χ0v) is 17.0. The molecule has 3 heterocycles. The molecule has 0 radical (unpaired) electrons. The molecule has 2 aromatic heterocycles. The van der Waals surface area contributed by atoms with E-state index in [0.717, 1.165) is 32.7 Å². The van der Waals surface area contributed by atoms with Gasteiger partial charge in [0.25, 0.3) is 0 Å². The zero-order valence-electron chi connectivity index (χ0n) is 16.2. The highest BCUT2D eigenvalue weighted by Crippen LogP contribution is 2.15. The maximum Gasteiger partial charge on any atom is 0.238 e. The third-order valence-electron chi connectivity index (χ3n) is 4.73. The van der Waals surface area contributed by atoms with Crippen molar-refractivity contribution < 1.29 is 19.0 Å². The quantitative estimate of drug-likeness (QED) is 0.693. The molecule has 28 heavy (non-hydrogen) atoms. The maximum atomic E-state index is 12.5. The molecule has 1 aliphatic rings. The third kappa shape index (κ3) is 5.80. The number of pyridine rings is 1. The topological polar surface area (TPSA) is 92.8 Å². The lowest BCUT2D eigenvalue weighted by Crippen LogP contribution is -3.13. The van der Waals surface area contributed by atoms with Gasteiger partial charge in [-0.1, -0.05) is 5.16 Å². The number of aryl methyl sites for hydroxylation is 1. The number of amides is 2. The largest absolute Gasteiger partial charge is 0.360 e. The van der Waals surface area contributed by atoms with Gasteiger partial charge >= 0.3 is 0 Å². The lowest BCUT2D eigenvalue weighted by atomic mass is 10.2. The van der Waals surface area contributed by atoms with Crippen molar-refractivity contribution in [2.75, 3.05) is 37.2 Å².